The molecule has 1 heterocycles. The molecule has 0 unspecified atom stereocenters. The third-order valence-electron chi connectivity index (χ3n) is 7.49. The molecule has 1 saturated heterocycles. The fourth-order valence-corrected chi connectivity index (χ4v) is 5.38. The summed E-state index contributed by atoms with van der Waals surface area (Å²) < 4.78 is 5.64. The topological polar surface area (TPSA) is 95.9 Å². The fourth-order valence-electron chi connectivity index (χ4n) is 5.38. The summed E-state index contributed by atoms with van der Waals surface area (Å²) in [6.45, 7) is 4.07. The molecule has 2 fully saturated rings. The summed E-state index contributed by atoms with van der Waals surface area (Å²) >= 11 is 0. The highest BCUT2D eigenvalue weighted by atomic mass is 16.5. The van der Waals surface area contributed by atoms with Crippen molar-refractivity contribution in [2.24, 2.45) is 11.3 Å². The average Bonchev–Trinajstić information content (AvgIpc) is 3.59. The summed E-state index contributed by atoms with van der Waals surface area (Å²) in [5.74, 6) is -0.830. The zero-order valence-corrected chi connectivity index (χ0v) is 19.6. The molecule has 7 heteroatoms. The first-order chi connectivity index (χ1) is 16.9. The average molecular weight is 475 g/mol. The number of hydrogen-bond donors (Lipinski definition) is 2. The van der Waals surface area contributed by atoms with Crippen molar-refractivity contribution < 1.29 is 24.2 Å². The molecule has 5 rings (SSSR count). The van der Waals surface area contributed by atoms with E-state index in [4.69, 9.17) is 4.74 Å². The lowest BCUT2D eigenvalue weighted by atomic mass is 9.76. The molecule has 1 aliphatic heterocycles. The second-order valence-electron chi connectivity index (χ2n) is 9.97. The first-order valence-corrected chi connectivity index (χ1v) is 12.2. The van der Waals surface area contributed by atoms with Crippen molar-refractivity contribution in [1.29, 1.82) is 0 Å². The quantitative estimate of drug-likeness (QED) is 0.532. The number of nitrogens with zero attached hydrogens (tertiary/aromatic N) is 1. The van der Waals surface area contributed by atoms with Gasteiger partial charge in [-0.1, -0.05) is 67.4 Å². The van der Waals surface area contributed by atoms with Crippen LogP contribution in [0.1, 0.15) is 42.7 Å². The van der Waals surface area contributed by atoms with Crippen molar-refractivity contribution in [2.75, 3.05) is 19.7 Å². The van der Waals surface area contributed by atoms with Gasteiger partial charge in [0.05, 0.1) is 0 Å². The van der Waals surface area contributed by atoms with Gasteiger partial charge >= 0.3 is 12.1 Å². The van der Waals surface area contributed by atoms with E-state index in [9.17, 15) is 19.5 Å². The molecule has 182 valence electrons. The number of benzene rings is 2. The van der Waals surface area contributed by atoms with E-state index in [0.29, 0.717) is 18.8 Å². The van der Waals surface area contributed by atoms with Crippen molar-refractivity contribution in [2.45, 2.75) is 37.6 Å². The van der Waals surface area contributed by atoms with E-state index in [2.05, 4.69) is 36.2 Å². The summed E-state index contributed by atoms with van der Waals surface area (Å²) in [6.07, 6.45) is 3.87. The summed E-state index contributed by atoms with van der Waals surface area (Å²) in [5, 5.41) is 12.4. The first-order valence-electron chi connectivity index (χ1n) is 12.2. The third-order valence-corrected chi connectivity index (χ3v) is 7.49. The maximum Gasteiger partial charge on any atom is 0.407 e. The number of allylic oxidation sites excluding steroid dienone is 1. The van der Waals surface area contributed by atoms with E-state index in [-0.39, 0.29) is 31.5 Å². The molecule has 35 heavy (non-hydrogen) atoms. The Labute approximate surface area is 204 Å². The van der Waals surface area contributed by atoms with E-state index >= 15 is 0 Å². The lowest BCUT2D eigenvalue weighted by Gasteiger charge is -2.47. The number of fused-ring (bicyclic) bond motifs is 3. The summed E-state index contributed by atoms with van der Waals surface area (Å²) in [6, 6.07) is 15.5. The standard InChI is InChI=1S/C28H30N2O5/c1-2-13-28(26(32)33)16-30(17-28)25(31)24(14-18-11-12-18)29-27(34)35-15-23-21-9-5-3-7-19(21)20-8-4-6-10-22(20)23/h2-10,18,23-24H,1,11-17H2,(H,29,34)(H,32,33)/t24-/m0/s1. The smallest absolute Gasteiger partial charge is 0.407 e. The van der Waals surface area contributed by atoms with Crippen LogP contribution in [0.4, 0.5) is 4.79 Å². The lowest BCUT2D eigenvalue weighted by Crippen LogP contribution is -2.65. The molecule has 2 aromatic rings. The number of ether oxygens (including phenoxy) is 1. The number of alkyl carbamates (subject to hydrolysis) is 1. The van der Waals surface area contributed by atoms with Gasteiger partial charge in [-0.3, -0.25) is 9.59 Å². The molecule has 2 amide bonds. The van der Waals surface area contributed by atoms with Gasteiger partial charge in [-0.15, -0.1) is 6.58 Å². The van der Waals surface area contributed by atoms with Gasteiger partial charge in [0.25, 0.3) is 0 Å². The molecule has 2 aliphatic carbocycles. The van der Waals surface area contributed by atoms with E-state index in [1.165, 1.54) is 4.90 Å². The van der Waals surface area contributed by atoms with E-state index in [1.807, 2.05) is 24.3 Å². The number of carboxylic acids is 1. The number of likely N-dealkylation sites (tertiary alicyclic amines) is 1. The maximum absolute atomic E-state index is 13.2. The van der Waals surface area contributed by atoms with Crippen LogP contribution in [-0.4, -0.2) is 53.7 Å². The highest BCUT2D eigenvalue weighted by Gasteiger charge is 2.51. The predicted octanol–water partition coefficient (Wildman–Crippen LogP) is 4.18. The number of nitrogens with one attached hydrogen (secondary N) is 1. The molecule has 1 atom stereocenters. The van der Waals surface area contributed by atoms with Crippen LogP contribution in [-0.2, 0) is 14.3 Å². The largest absolute Gasteiger partial charge is 0.481 e. The van der Waals surface area contributed by atoms with Crippen molar-refractivity contribution in [3.63, 3.8) is 0 Å². The Balaban J connectivity index is 1.23. The molecule has 0 aromatic heterocycles. The summed E-state index contributed by atoms with van der Waals surface area (Å²) in [5.41, 5.74) is 3.57. The highest BCUT2D eigenvalue weighted by molar-refractivity contribution is 5.89. The lowest BCUT2D eigenvalue weighted by molar-refractivity contribution is -0.166. The zero-order chi connectivity index (χ0) is 24.6. The SMILES string of the molecule is C=CCC1(C(=O)O)CN(C(=O)[C@H](CC2CC2)NC(=O)OCC2c3ccccc3-c3ccccc32)C1. The number of aliphatic carboxylic acids is 1. The molecule has 2 N–H and O–H groups in total. The molecule has 3 aliphatic rings. The second kappa shape index (κ2) is 9.21. The van der Waals surface area contributed by atoms with Gasteiger partial charge in [-0.2, -0.15) is 0 Å². The van der Waals surface area contributed by atoms with Crippen LogP contribution >= 0.6 is 0 Å². The summed E-state index contributed by atoms with van der Waals surface area (Å²) in [4.78, 5) is 39.2. The molecular weight excluding hydrogens is 444 g/mol. The Morgan fingerprint density at radius 2 is 1.69 bits per heavy atom. The highest BCUT2D eigenvalue weighted by Crippen LogP contribution is 2.44. The number of carbonyl (C=O) groups excluding carboxylic acids is 2. The number of rotatable bonds is 9. The van der Waals surface area contributed by atoms with Crippen LogP contribution < -0.4 is 5.32 Å². The first kappa shape index (κ1) is 23.1. The van der Waals surface area contributed by atoms with Gasteiger partial charge in [0, 0.05) is 19.0 Å². The van der Waals surface area contributed by atoms with Crippen LogP contribution in [0.3, 0.4) is 0 Å². The van der Waals surface area contributed by atoms with E-state index in [1.54, 1.807) is 6.08 Å². The Morgan fingerprint density at radius 1 is 1.09 bits per heavy atom. The Hall–Kier alpha value is -3.61. The molecule has 7 nitrogen and oxygen atoms in total. The van der Waals surface area contributed by atoms with Crippen LogP contribution in [0, 0.1) is 11.3 Å². The number of hydrogen-bond acceptors (Lipinski definition) is 4. The number of amides is 2. The van der Waals surface area contributed by atoms with Crippen LogP contribution in [0.5, 0.6) is 0 Å². The molecule has 0 radical (unpaired) electrons. The van der Waals surface area contributed by atoms with Crippen LogP contribution in [0.25, 0.3) is 11.1 Å². The van der Waals surface area contributed by atoms with E-state index in [0.717, 1.165) is 35.1 Å². The number of carboxylic acid groups (broad SMARTS) is 1. The Morgan fingerprint density at radius 3 is 2.23 bits per heavy atom. The third kappa shape index (κ3) is 4.43. The van der Waals surface area contributed by atoms with Crippen LogP contribution in [0.15, 0.2) is 61.2 Å². The Kier molecular flexibility index (Phi) is 6.09. The van der Waals surface area contributed by atoms with E-state index < -0.39 is 23.5 Å². The molecule has 0 bridgehead atoms. The van der Waals surface area contributed by atoms with Gasteiger partial charge in [0.15, 0.2) is 0 Å². The predicted molar refractivity (Wildman–Crippen MR) is 131 cm³/mol. The van der Waals surface area contributed by atoms with Crippen molar-refractivity contribution in [3.05, 3.63) is 72.3 Å². The number of carbonyl (C=O) groups is 3. The molecule has 1 saturated carbocycles. The van der Waals surface area contributed by atoms with Crippen molar-refractivity contribution >= 4 is 18.0 Å². The molecule has 2 aromatic carbocycles. The normalized spacial score (nSPS) is 18.6. The van der Waals surface area contributed by atoms with Gasteiger partial charge in [0.1, 0.15) is 18.1 Å². The van der Waals surface area contributed by atoms with Gasteiger partial charge < -0.3 is 20.1 Å². The van der Waals surface area contributed by atoms with Crippen molar-refractivity contribution in [1.82, 2.24) is 10.2 Å². The Bertz CT molecular complexity index is 1120. The minimum Gasteiger partial charge on any atom is -0.481 e. The molecule has 0 spiro atoms. The fraction of sp³-hybridized carbons (Fsp3) is 0.393. The monoisotopic (exact) mass is 474 g/mol. The minimum atomic E-state index is -0.981. The summed E-state index contributed by atoms with van der Waals surface area (Å²) in [7, 11) is 0. The molecular formula is C28H30N2O5. The van der Waals surface area contributed by atoms with Crippen LogP contribution in [0.2, 0.25) is 0 Å². The van der Waals surface area contributed by atoms with Gasteiger partial charge in [-0.05, 0) is 41.0 Å². The maximum atomic E-state index is 13.2. The zero-order valence-electron chi connectivity index (χ0n) is 19.6. The second-order valence-corrected chi connectivity index (χ2v) is 9.97. The van der Waals surface area contributed by atoms with Crippen molar-refractivity contribution in [3.8, 4) is 11.1 Å². The van der Waals surface area contributed by atoms with Gasteiger partial charge in [-0.25, -0.2) is 4.79 Å². The van der Waals surface area contributed by atoms with Gasteiger partial charge in [0.2, 0.25) is 5.91 Å². The minimum absolute atomic E-state index is 0.0591.